The van der Waals surface area contributed by atoms with Crippen molar-refractivity contribution in [1.82, 2.24) is 15.6 Å². The summed E-state index contributed by atoms with van der Waals surface area (Å²) >= 11 is 1.56. The van der Waals surface area contributed by atoms with Gasteiger partial charge in [-0.2, -0.15) is 0 Å². The summed E-state index contributed by atoms with van der Waals surface area (Å²) in [6.07, 6.45) is 3.48. The lowest BCUT2D eigenvalue weighted by atomic mass is 10.2. The SMILES string of the molecule is CCC(NC(=O)NC1CCOC1)c1nccs1. The lowest BCUT2D eigenvalue weighted by Gasteiger charge is -2.17. The van der Waals surface area contributed by atoms with Crippen molar-refractivity contribution in [2.45, 2.75) is 31.8 Å². The zero-order valence-corrected chi connectivity index (χ0v) is 10.6. The minimum atomic E-state index is -0.137. The molecule has 17 heavy (non-hydrogen) atoms. The second kappa shape index (κ2) is 5.97. The van der Waals surface area contributed by atoms with Crippen LogP contribution in [0, 0.1) is 0 Å². The fourth-order valence-corrected chi connectivity index (χ4v) is 2.55. The molecule has 5 nitrogen and oxygen atoms in total. The normalized spacial score (nSPS) is 21.1. The van der Waals surface area contributed by atoms with Gasteiger partial charge in [0.15, 0.2) is 0 Å². The molecule has 94 valence electrons. The summed E-state index contributed by atoms with van der Waals surface area (Å²) in [7, 11) is 0. The number of nitrogens with zero attached hydrogens (tertiary/aromatic N) is 1. The molecule has 6 heteroatoms. The zero-order chi connectivity index (χ0) is 12.1. The van der Waals surface area contributed by atoms with E-state index in [1.54, 1.807) is 17.5 Å². The predicted octanol–water partition coefficient (Wildman–Crippen LogP) is 1.68. The van der Waals surface area contributed by atoms with Gasteiger partial charge in [-0.3, -0.25) is 0 Å². The number of aromatic nitrogens is 1. The molecule has 2 atom stereocenters. The fourth-order valence-electron chi connectivity index (χ4n) is 1.78. The molecule has 1 aliphatic rings. The second-order valence-corrected chi connectivity index (χ2v) is 4.94. The number of rotatable bonds is 4. The molecule has 2 N–H and O–H groups in total. The predicted molar refractivity (Wildman–Crippen MR) is 66.0 cm³/mol. The molecule has 1 fully saturated rings. The Labute approximate surface area is 105 Å². The maximum absolute atomic E-state index is 11.8. The van der Waals surface area contributed by atoms with Gasteiger partial charge in [-0.1, -0.05) is 6.92 Å². The van der Waals surface area contributed by atoms with E-state index in [0.29, 0.717) is 6.61 Å². The molecule has 1 aliphatic heterocycles. The topological polar surface area (TPSA) is 63.2 Å². The van der Waals surface area contributed by atoms with Crippen LogP contribution in [0.5, 0.6) is 0 Å². The van der Waals surface area contributed by atoms with Crippen LogP contribution in [0.3, 0.4) is 0 Å². The number of ether oxygens (including phenoxy) is 1. The van der Waals surface area contributed by atoms with Gasteiger partial charge in [-0.25, -0.2) is 9.78 Å². The Morgan fingerprint density at radius 2 is 2.65 bits per heavy atom. The van der Waals surface area contributed by atoms with Crippen LogP contribution >= 0.6 is 11.3 Å². The maximum Gasteiger partial charge on any atom is 0.315 e. The van der Waals surface area contributed by atoms with Gasteiger partial charge in [0.25, 0.3) is 0 Å². The molecular formula is C11H17N3O2S. The van der Waals surface area contributed by atoms with Crippen LogP contribution in [0.1, 0.15) is 30.8 Å². The minimum Gasteiger partial charge on any atom is -0.379 e. The first-order valence-electron chi connectivity index (χ1n) is 5.83. The van der Waals surface area contributed by atoms with E-state index in [0.717, 1.165) is 24.5 Å². The van der Waals surface area contributed by atoms with Crippen LogP contribution in [0.2, 0.25) is 0 Å². The summed E-state index contributed by atoms with van der Waals surface area (Å²) in [5, 5.41) is 8.71. The highest BCUT2D eigenvalue weighted by molar-refractivity contribution is 7.09. The Hall–Kier alpha value is -1.14. The van der Waals surface area contributed by atoms with E-state index in [-0.39, 0.29) is 18.1 Å². The van der Waals surface area contributed by atoms with Crippen molar-refractivity contribution in [2.75, 3.05) is 13.2 Å². The number of urea groups is 1. The first-order chi connectivity index (χ1) is 8.29. The molecule has 0 aromatic carbocycles. The fraction of sp³-hybridized carbons (Fsp3) is 0.636. The van der Waals surface area contributed by atoms with E-state index in [9.17, 15) is 4.79 Å². The summed E-state index contributed by atoms with van der Waals surface area (Å²) in [6, 6.07) is 0.00340. The Morgan fingerprint density at radius 3 is 3.24 bits per heavy atom. The highest BCUT2D eigenvalue weighted by atomic mass is 32.1. The Morgan fingerprint density at radius 1 is 1.76 bits per heavy atom. The Balaban J connectivity index is 1.83. The van der Waals surface area contributed by atoms with Crippen molar-refractivity contribution in [3.05, 3.63) is 16.6 Å². The van der Waals surface area contributed by atoms with Crippen LogP contribution in [-0.4, -0.2) is 30.3 Å². The average Bonchev–Trinajstić information content (AvgIpc) is 2.97. The molecule has 2 rings (SSSR count). The van der Waals surface area contributed by atoms with Gasteiger partial charge in [0.1, 0.15) is 5.01 Å². The van der Waals surface area contributed by atoms with Crippen LogP contribution < -0.4 is 10.6 Å². The van der Waals surface area contributed by atoms with Gasteiger partial charge in [-0.15, -0.1) is 11.3 Å². The van der Waals surface area contributed by atoms with Crippen molar-refractivity contribution in [1.29, 1.82) is 0 Å². The molecule has 0 saturated carbocycles. The van der Waals surface area contributed by atoms with Gasteiger partial charge in [-0.05, 0) is 12.8 Å². The third-order valence-corrected chi connectivity index (χ3v) is 3.62. The summed E-state index contributed by atoms with van der Waals surface area (Å²) in [6.45, 7) is 3.38. The Kier molecular flexibility index (Phi) is 4.33. The van der Waals surface area contributed by atoms with E-state index in [1.807, 2.05) is 12.3 Å². The molecule has 1 aromatic heterocycles. The van der Waals surface area contributed by atoms with Gasteiger partial charge in [0.05, 0.1) is 18.7 Å². The van der Waals surface area contributed by atoms with Gasteiger partial charge < -0.3 is 15.4 Å². The summed E-state index contributed by atoms with van der Waals surface area (Å²) < 4.78 is 5.21. The number of hydrogen-bond acceptors (Lipinski definition) is 4. The molecule has 0 aliphatic carbocycles. The molecule has 2 heterocycles. The highest BCUT2D eigenvalue weighted by Gasteiger charge is 2.20. The smallest absolute Gasteiger partial charge is 0.315 e. The molecular weight excluding hydrogens is 238 g/mol. The van der Waals surface area contributed by atoms with Crippen LogP contribution in [-0.2, 0) is 4.74 Å². The molecule has 2 unspecified atom stereocenters. The van der Waals surface area contributed by atoms with Gasteiger partial charge >= 0.3 is 6.03 Å². The quantitative estimate of drug-likeness (QED) is 0.860. The first kappa shape index (κ1) is 12.3. The van der Waals surface area contributed by atoms with Gasteiger partial charge in [0.2, 0.25) is 0 Å². The van der Waals surface area contributed by atoms with Crippen LogP contribution in [0.25, 0.3) is 0 Å². The monoisotopic (exact) mass is 255 g/mol. The van der Waals surface area contributed by atoms with E-state index in [1.165, 1.54) is 0 Å². The molecule has 0 radical (unpaired) electrons. The number of amides is 2. The number of hydrogen-bond donors (Lipinski definition) is 2. The third-order valence-electron chi connectivity index (χ3n) is 2.73. The summed E-state index contributed by atoms with van der Waals surface area (Å²) in [5.41, 5.74) is 0. The molecule has 2 amide bonds. The third kappa shape index (κ3) is 3.41. The standard InChI is InChI=1S/C11H17N3O2S/c1-2-9(10-12-4-6-17-10)14-11(15)13-8-3-5-16-7-8/h4,6,8-9H,2-3,5,7H2,1H3,(H2,13,14,15). The van der Waals surface area contributed by atoms with E-state index in [2.05, 4.69) is 15.6 Å². The lowest BCUT2D eigenvalue weighted by molar-refractivity contribution is 0.188. The van der Waals surface area contributed by atoms with Crippen molar-refractivity contribution in [3.63, 3.8) is 0 Å². The summed E-state index contributed by atoms with van der Waals surface area (Å²) in [4.78, 5) is 16.0. The average molecular weight is 255 g/mol. The lowest BCUT2D eigenvalue weighted by Crippen LogP contribution is -2.43. The first-order valence-corrected chi connectivity index (χ1v) is 6.71. The second-order valence-electron chi connectivity index (χ2n) is 4.01. The number of carbonyl (C=O) groups excluding carboxylic acids is 1. The van der Waals surface area contributed by atoms with Crippen molar-refractivity contribution >= 4 is 17.4 Å². The van der Waals surface area contributed by atoms with E-state index in [4.69, 9.17) is 4.74 Å². The number of thiazole rings is 1. The van der Waals surface area contributed by atoms with Crippen LogP contribution in [0.15, 0.2) is 11.6 Å². The largest absolute Gasteiger partial charge is 0.379 e. The maximum atomic E-state index is 11.8. The van der Waals surface area contributed by atoms with E-state index < -0.39 is 0 Å². The Bertz CT molecular complexity index is 350. The minimum absolute atomic E-state index is 0.00248. The molecule has 0 spiro atoms. The van der Waals surface area contributed by atoms with Gasteiger partial charge in [0, 0.05) is 18.2 Å². The number of nitrogens with one attached hydrogen (secondary N) is 2. The van der Waals surface area contributed by atoms with E-state index >= 15 is 0 Å². The number of carbonyl (C=O) groups is 1. The van der Waals surface area contributed by atoms with Crippen molar-refractivity contribution < 1.29 is 9.53 Å². The molecule has 1 saturated heterocycles. The molecule has 1 aromatic rings. The van der Waals surface area contributed by atoms with Crippen molar-refractivity contribution in [3.8, 4) is 0 Å². The summed E-state index contributed by atoms with van der Waals surface area (Å²) in [5.74, 6) is 0. The van der Waals surface area contributed by atoms with Crippen molar-refractivity contribution in [2.24, 2.45) is 0 Å². The zero-order valence-electron chi connectivity index (χ0n) is 9.81. The molecule has 0 bridgehead atoms. The highest BCUT2D eigenvalue weighted by Crippen LogP contribution is 2.18. The van der Waals surface area contributed by atoms with Crippen LogP contribution in [0.4, 0.5) is 4.79 Å².